The number of rotatable bonds is 4. The van der Waals surface area contributed by atoms with Crippen LogP contribution in [-0.2, 0) is 24.3 Å². The van der Waals surface area contributed by atoms with Crippen molar-refractivity contribution in [3.63, 3.8) is 0 Å². The van der Waals surface area contributed by atoms with E-state index in [0.717, 1.165) is 24.2 Å². The number of amides is 1. The van der Waals surface area contributed by atoms with Gasteiger partial charge in [-0.15, -0.1) is 16.7 Å². The minimum Gasteiger partial charge on any atom is -0.332 e. The average Bonchev–Trinajstić information content (AvgIpc) is 3.15. The van der Waals surface area contributed by atoms with Crippen LogP contribution in [0.1, 0.15) is 23.4 Å². The molecule has 0 saturated carbocycles. The van der Waals surface area contributed by atoms with Gasteiger partial charge in [0.15, 0.2) is 5.82 Å². The molecule has 1 amide bonds. The monoisotopic (exact) mass is 369 g/mol. The van der Waals surface area contributed by atoms with Gasteiger partial charge < -0.3 is 4.90 Å². The van der Waals surface area contributed by atoms with E-state index < -0.39 is 0 Å². The molecule has 2 aromatic carbocycles. The van der Waals surface area contributed by atoms with E-state index in [0.29, 0.717) is 13.1 Å². The van der Waals surface area contributed by atoms with E-state index in [-0.39, 0.29) is 17.8 Å². The first-order valence-corrected chi connectivity index (χ1v) is 9.28. The van der Waals surface area contributed by atoms with Crippen molar-refractivity contribution < 1.29 is 4.79 Å². The van der Waals surface area contributed by atoms with Crippen LogP contribution in [0.5, 0.6) is 0 Å². The quantitative estimate of drug-likeness (QED) is 0.663. The summed E-state index contributed by atoms with van der Waals surface area (Å²) in [6, 6.07) is 12.6. The van der Waals surface area contributed by atoms with Gasteiger partial charge in [0, 0.05) is 13.0 Å². The molecule has 1 aromatic heterocycles. The third kappa shape index (κ3) is 3.05. The largest absolute Gasteiger partial charge is 0.332 e. The number of benzene rings is 2. The molecule has 0 radical (unpaired) electrons. The Kier molecular flexibility index (Phi) is 4.59. The van der Waals surface area contributed by atoms with E-state index in [1.807, 2.05) is 17.0 Å². The highest BCUT2D eigenvalue weighted by molar-refractivity contribution is 6.27. The van der Waals surface area contributed by atoms with E-state index in [2.05, 4.69) is 46.7 Å². The molecule has 134 valence electrons. The normalized spacial score (nSPS) is 16.5. The Bertz CT molecular complexity index is 954. The first-order valence-electron chi connectivity index (χ1n) is 8.75. The van der Waals surface area contributed by atoms with Crippen molar-refractivity contribution in [1.82, 2.24) is 25.1 Å². The minimum atomic E-state index is -0.0549. The zero-order chi connectivity index (χ0) is 18.1. The van der Waals surface area contributed by atoms with Crippen molar-refractivity contribution in [2.24, 2.45) is 0 Å². The number of aryl methyl sites for hydroxylation is 2. The van der Waals surface area contributed by atoms with Gasteiger partial charge in [-0.1, -0.05) is 36.4 Å². The number of carbonyl (C=O) groups is 1. The second-order valence-electron chi connectivity index (χ2n) is 6.70. The maximum atomic E-state index is 12.6. The molecule has 0 saturated heterocycles. The second-order valence-corrected chi connectivity index (χ2v) is 6.96. The molecule has 4 rings (SSSR count). The maximum absolute atomic E-state index is 12.6. The van der Waals surface area contributed by atoms with Crippen LogP contribution in [0.3, 0.4) is 0 Å². The summed E-state index contributed by atoms with van der Waals surface area (Å²) in [4.78, 5) is 14.5. The van der Waals surface area contributed by atoms with Crippen LogP contribution in [0.15, 0.2) is 36.4 Å². The van der Waals surface area contributed by atoms with Gasteiger partial charge in [0.2, 0.25) is 5.91 Å². The zero-order valence-corrected chi connectivity index (χ0v) is 15.4. The van der Waals surface area contributed by atoms with Gasteiger partial charge in [0.05, 0.1) is 12.6 Å². The number of hydrogen-bond acceptors (Lipinski definition) is 4. The standard InChI is InChI=1S/C19H20ClN5O/c1-13-15(7-6-14-4-2-3-5-17(13)14)11-24(19(26)10-20)16-8-9-18-21-22-23-25(18)12-16/h2-7,16H,8-12H2,1H3. The predicted molar refractivity (Wildman–Crippen MR) is 99.9 cm³/mol. The van der Waals surface area contributed by atoms with Crippen molar-refractivity contribution in [2.45, 2.75) is 38.9 Å². The van der Waals surface area contributed by atoms with Crippen LogP contribution >= 0.6 is 11.6 Å². The fourth-order valence-corrected chi connectivity index (χ4v) is 3.86. The van der Waals surface area contributed by atoms with Crippen LogP contribution in [0.4, 0.5) is 0 Å². The van der Waals surface area contributed by atoms with Crippen molar-refractivity contribution >= 4 is 28.3 Å². The number of aromatic nitrogens is 4. The first kappa shape index (κ1) is 17.0. The smallest absolute Gasteiger partial charge is 0.238 e. The molecule has 0 aliphatic carbocycles. The molecule has 7 heteroatoms. The summed E-state index contributed by atoms with van der Waals surface area (Å²) in [5.74, 6) is 0.799. The highest BCUT2D eigenvalue weighted by atomic mass is 35.5. The van der Waals surface area contributed by atoms with Gasteiger partial charge in [-0.05, 0) is 45.7 Å². The summed E-state index contributed by atoms with van der Waals surface area (Å²) in [7, 11) is 0. The fourth-order valence-electron chi connectivity index (χ4n) is 3.71. The van der Waals surface area contributed by atoms with Crippen LogP contribution in [0.25, 0.3) is 10.8 Å². The summed E-state index contributed by atoms with van der Waals surface area (Å²) in [5.41, 5.74) is 2.35. The van der Waals surface area contributed by atoms with E-state index in [1.54, 1.807) is 4.68 Å². The summed E-state index contributed by atoms with van der Waals surface area (Å²) in [5, 5.41) is 14.2. The maximum Gasteiger partial charge on any atom is 0.238 e. The minimum absolute atomic E-state index is 0.0222. The van der Waals surface area contributed by atoms with Gasteiger partial charge in [-0.25, -0.2) is 4.68 Å². The Morgan fingerprint density at radius 1 is 1.31 bits per heavy atom. The predicted octanol–water partition coefficient (Wildman–Crippen LogP) is 2.72. The lowest BCUT2D eigenvalue weighted by molar-refractivity contribution is -0.132. The van der Waals surface area contributed by atoms with E-state index in [4.69, 9.17) is 11.6 Å². The lowest BCUT2D eigenvalue weighted by atomic mass is 9.98. The average molecular weight is 370 g/mol. The molecule has 1 unspecified atom stereocenters. The van der Waals surface area contributed by atoms with Crippen LogP contribution in [0, 0.1) is 6.92 Å². The number of tetrazole rings is 1. The van der Waals surface area contributed by atoms with E-state index >= 15 is 0 Å². The van der Waals surface area contributed by atoms with Gasteiger partial charge in [0.25, 0.3) is 0 Å². The van der Waals surface area contributed by atoms with Crippen molar-refractivity contribution in [3.8, 4) is 0 Å². The lowest BCUT2D eigenvalue weighted by Crippen LogP contribution is -2.45. The molecule has 6 nitrogen and oxygen atoms in total. The molecular weight excluding hydrogens is 350 g/mol. The second kappa shape index (κ2) is 7.03. The Morgan fingerprint density at radius 3 is 3.00 bits per heavy atom. The summed E-state index contributed by atoms with van der Waals surface area (Å²) in [6.45, 7) is 3.27. The summed E-state index contributed by atoms with van der Waals surface area (Å²) >= 11 is 5.91. The molecular formula is C19H20ClN5O. The van der Waals surface area contributed by atoms with Gasteiger partial charge >= 0.3 is 0 Å². The SMILES string of the molecule is Cc1c(CN(C(=O)CCl)C2CCc3nnnn3C2)ccc2ccccc12. The van der Waals surface area contributed by atoms with Gasteiger partial charge in [-0.3, -0.25) is 4.79 Å². The third-order valence-corrected chi connectivity index (χ3v) is 5.45. The highest BCUT2D eigenvalue weighted by Crippen LogP contribution is 2.25. The van der Waals surface area contributed by atoms with E-state index in [1.165, 1.54) is 16.3 Å². The first-order chi connectivity index (χ1) is 12.7. The van der Waals surface area contributed by atoms with Crippen LogP contribution in [0.2, 0.25) is 0 Å². The van der Waals surface area contributed by atoms with Crippen molar-refractivity contribution in [1.29, 1.82) is 0 Å². The molecule has 3 aromatic rings. The molecule has 0 fully saturated rings. The Labute approximate surface area is 156 Å². The number of carbonyl (C=O) groups excluding carboxylic acids is 1. The number of hydrogen-bond donors (Lipinski definition) is 0. The Balaban J connectivity index is 1.64. The molecule has 2 heterocycles. The summed E-state index contributed by atoms with van der Waals surface area (Å²) < 4.78 is 1.79. The molecule has 1 aliphatic rings. The molecule has 1 aliphatic heterocycles. The topological polar surface area (TPSA) is 63.9 Å². The molecule has 1 atom stereocenters. The van der Waals surface area contributed by atoms with Gasteiger partial charge in [0.1, 0.15) is 5.88 Å². The van der Waals surface area contributed by atoms with Crippen LogP contribution < -0.4 is 0 Å². The number of nitrogens with zero attached hydrogens (tertiary/aromatic N) is 5. The number of alkyl halides is 1. The van der Waals surface area contributed by atoms with Crippen LogP contribution in [-0.4, -0.2) is 42.9 Å². The zero-order valence-electron chi connectivity index (χ0n) is 14.6. The Hall–Kier alpha value is -2.47. The third-order valence-electron chi connectivity index (χ3n) is 5.22. The summed E-state index contributed by atoms with van der Waals surface area (Å²) in [6.07, 6.45) is 1.61. The number of fused-ring (bicyclic) bond motifs is 2. The highest BCUT2D eigenvalue weighted by Gasteiger charge is 2.29. The molecule has 0 spiro atoms. The molecule has 0 N–H and O–H groups in total. The number of halogens is 1. The van der Waals surface area contributed by atoms with E-state index in [9.17, 15) is 4.79 Å². The van der Waals surface area contributed by atoms with Crippen molar-refractivity contribution in [3.05, 3.63) is 53.3 Å². The van der Waals surface area contributed by atoms with Gasteiger partial charge in [-0.2, -0.15) is 0 Å². The van der Waals surface area contributed by atoms with Crippen molar-refractivity contribution in [2.75, 3.05) is 5.88 Å². The lowest BCUT2D eigenvalue weighted by Gasteiger charge is -2.34. The molecule has 0 bridgehead atoms. The molecule has 26 heavy (non-hydrogen) atoms. The Morgan fingerprint density at radius 2 is 2.15 bits per heavy atom. The fraction of sp³-hybridized carbons (Fsp3) is 0.368.